The van der Waals surface area contributed by atoms with Crippen LogP contribution in [0.4, 0.5) is 0 Å². The summed E-state index contributed by atoms with van der Waals surface area (Å²) in [6.45, 7) is 16.2. The minimum atomic E-state index is -2.10. The summed E-state index contributed by atoms with van der Waals surface area (Å²) < 4.78 is 0. The predicted octanol–water partition coefficient (Wildman–Crippen LogP) is -3.63. The second-order valence-corrected chi connectivity index (χ2v) is 12.3. The molecule has 1 aliphatic rings. The number of halogens is 3. The zero-order valence-corrected chi connectivity index (χ0v) is 23.1. The predicted molar refractivity (Wildman–Crippen MR) is 112 cm³/mol. The van der Waals surface area contributed by atoms with E-state index in [-0.39, 0.29) is 64.0 Å². The van der Waals surface area contributed by atoms with Gasteiger partial charge in [-0.15, -0.1) is 6.92 Å². The van der Waals surface area contributed by atoms with E-state index in [9.17, 15) is 0 Å². The maximum absolute atomic E-state index is 3.91. The van der Waals surface area contributed by atoms with E-state index >= 15 is 0 Å². The molecule has 2 aromatic carbocycles. The van der Waals surface area contributed by atoms with Crippen molar-refractivity contribution in [2.45, 2.75) is 53.1 Å². The van der Waals surface area contributed by atoms with Gasteiger partial charge >= 0.3 is 21.7 Å². The van der Waals surface area contributed by atoms with Crippen LogP contribution in [0.2, 0.25) is 11.6 Å². The Morgan fingerprint density at radius 1 is 0.828 bits per heavy atom. The van der Waals surface area contributed by atoms with E-state index < -0.39 is 8.07 Å². The number of aryl methyl sites for hydroxylation is 2. The van der Waals surface area contributed by atoms with Gasteiger partial charge in [0.2, 0.25) is 0 Å². The minimum Gasteiger partial charge on any atom is -1.00 e. The standard InChI is InChI=1S/C24H29Si.3ClH.Ti/c1-17-13-14-23(18(2)15-17)25(7,22-11-9-8-10-12-22)24(6)16-19(3)20(4)21(24)5;;;;/h8-15H,1-7H3;3*1H;/q-1;;;;+4/p-3. The van der Waals surface area contributed by atoms with Gasteiger partial charge in [-0.25, -0.2) is 5.57 Å². The van der Waals surface area contributed by atoms with Crippen molar-refractivity contribution in [3.63, 3.8) is 0 Å². The summed E-state index contributed by atoms with van der Waals surface area (Å²) in [4.78, 5) is 0. The zero-order valence-electron chi connectivity index (χ0n) is 18.3. The van der Waals surface area contributed by atoms with Gasteiger partial charge in [0, 0.05) is 0 Å². The van der Waals surface area contributed by atoms with Crippen molar-refractivity contribution in [3.05, 3.63) is 82.5 Å². The first-order valence-electron chi connectivity index (χ1n) is 9.15. The van der Waals surface area contributed by atoms with Crippen LogP contribution in [0.25, 0.3) is 0 Å². The molecule has 0 nitrogen and oxygen atoms in total. The molecule has 0 spiro atoms. The van der Waals surface area contributed by atoms with Crippen LogP contribution in [0.15, 0.2) is 65.3 Å². The molecular weight excluding hydrogens is 471 g/mol. The molecule has 0 heterocycles. The molecule has 2 atom stereocenters. The second-order valence-electron chi connectivity index (χ2n) is 7.93. The summed E-state index contributed by atoms with van der Waals surface area (Å²) in [7, 11) is -2.10. The summed E-state index contributed by atoms with van der Waals surface area (Å²) in [5.74, 6) is 0. The fourth-order valence-corrected chi connectivity index (χ4v) is 9.52. The first kappa shape index (κ1) is 30.9. The Kier molecular flexibility index (Phi) is 12.1. The molecule has 0 fully saturated rings. The molecule has 0 radical (unpaired) electrons. The quantitative estimate of drug-likeness (QED) is 0.302. The van der Waals surface area contributed by atoms with Crippen molar-refractivity contribution < 1.29 is 58.9 Å². The van der Waals surface area contributed by atoms with Crippen molar-refractivity contribution in [1.29, 1.82) is 0 Å². The molecule has 0 amide bonds. The largest absolute Gasteiger partial charge is 4.00 e. The van der Waals surface area contributed by atoms with E-state index in [1.54, 1.807) is 0 Å². The van der Waals surface area contributed by atoms with Crippen LogP contribution in [0.5, 0.6) is 0 Å². The molecule has 1 aliphatic carbocycles. The van der Waals surface area contributed by atoms with E-state index in [0.29, 0.717) is 0 Å². The molecule has 29 heavy (non-hydrogen) atoms. The van der Waals surface area contributed by atoms with Gasteiger partial charge < -0.3 is 37.2 Å². The smallest absolute Gasteiger partial charge is 1.00 e. The van der Waals surface area contributed by atoms with E-state index in [1.165, 1.54) is 38.2 Å². The molecule has 0 N–H and O–H groups in total. The Bertz CT molecular complexity index is 892. The molecule has 5 heteroatoms. The molecule has 0 aromatic heterocycles. The van der Waals surface area contributed by atoms with Crippen LogP contribution in [-0.2, 0) is 21.7 Å². The molecular formula is C24H29Cl3SiTi. The van der Waals surface area contributed by atoms with Gasteiger partial charge in [0.25, 0.3) is 0 Å². The molecule has 0 bridgehead atoms. The second kappa shape index (κ2) is 11.4. The Labute approximate surface area is 211 Å². The van der Waals surface area contributed by atoms with Crippen LogP contribution in [0.3, 0.4) is 0 Å². The van der Waals surface area contributed by atoms with Gasteiger partial charge in [0.15, 0.2) is 0 Å². The summed E-state index contributed by atoms with van der Waals surface area (Å²) in [5, 5.41) is 2.99. The van der Waals surface area contributed by atoms with Crippen molar-refractivity contribution in [1.82, 2.24) is 0 Å². The van der Waals surface area contributed by atoms with Crippen LogP contribution < -0.4 is 47.6 Å². The topological polar surface area (TPSA) is 0 Å². The first-order chi connectivity index (χ1) is 11.7. The summed E-state index contributed by atoms with van der Waals surface area (Å²) in [6, 6.07) is 18.1. The van der Waals surface area contributed by atoms with Crippen molar-refractivity contribution >= 4 is 18.4 Å². The Morgan fingerprint density at radius 2 is 1.38 bits per heavy atom. The summed E-state index contributed by atoms with van der Waals surface area (Å²) in [6.07, 6.45) is 3.91. The Hall–Kier alpha value is -0.279. The molecule has 0 saturated heterocycles. The Balaban J connectivity index is 0. The number of allylic oxidation sites excluding steroid dienone is 4. The van der Waals surface area contributed by atoms with Crippen molar-refractivity contribution in [2.24, 2.45) is 0 Å². The molecule has 2 aromatic rings. The number of hydrogen-bond acceptors (Lipinski definition) is 0. The summed E-state index contributed by atoms with van der Waals surface area (Å²) in [5.41, 5.74) is 6.97. The normalized spacial score (nSPS) is 19.6. The molecule has 3 rings (SSSR count). The van der Waals surface area contributed by atoms with Crippen LogP contribution in [-0.4, -0.2) is 8.07 Å². The number of benzene rings is 2. The van der Waals surface area contributed by atoms with Gasteiger partial charge in [-0.2, -0.15) is 11.1 Å². The third kappa shape index (κ3) is 4.97. The maximum atomic E-state index is 3.91. The first-order valence-corrected chi connectivity index (χ1v) is 11.6. The van der Waals surface area contributed by atoms with Gasteiger partial charge in [-0.3, -0.25) is 6.08 Å². The molecule has 2 unspecified atom stereocenters. The summed E-state index contributed by atoms with van der Waals surface area (Å²) >= 11 is 0. The number of hydrogen-bond donors (Lipinski definition) is 0. The van der Waals surface area contributed by atoms with Crippen molar-refractivity contribution in [2.75, 3.05) is 0 Å². The third-order valence-electron chi connectivity index (χ3n) is 6.58. The molecule has 154 valence electrons. The maximum Gasteiger partial charge on any atom is 4.00 e. The van der Waals surface area contributed by atoms with E-state index in [2.05, 4.69) is 103 Å². The fourth-order valence-electron chi connectivity index (χ4n) is 4.58. The van der Waals surface area contributed by atoms with Crippen LogP contribution in [0.1, 0.15) is 38.8 Å². The fraction of sp³-hybridized carbons (Fsp3) is 0.333. The monoisotopic (exact) mass is 498 g/mol. The molecule has 0 aliphatic heterocycles. The average molecular weight is 500 g/mol. The molecule has 0 saturated carbocycles. The van der Waals surface area contributed by atoms with Crippen LogP contribution in [0, 0.1) is 19.9 Å². The van der Waals surface area contributed by atoms with E-state index in [4.69, 9.17) is 0 Å². The van der Waals surface area contributed by atoms with Gasteiger partial charge in [-0.1, -0.05) is 102 Å². The van der Waals surface area contributed by atoms with Gasteiger partial charge in [-0.05, 0) is 13.8 Å². The minimum absolute atomic E-state index is 0. The van der Waals surface area contributed by atoms with Crippen molar-refractivity contribution in [3.8, 4) is 0 Å². The average Bonchev–Trinajstić information content (AvgIpc) is 2.79. The van der Waals surface area contributed by atoms with Gasteiger partial charge in [0.1, 0.15) is 8.07 Å². The van der Waals surface area contributed by atoms with Crippen LogP contribution >= 0.6 is 0 Å². The third-order valence-corrected chi connectivity index (χ3v) is 12.2. The van der Waals surface area contributed by atoms with E-state index in [1.807, 2.05) is 0 Å². The SMILES string of the molecule is CC1=[C-]C(C)([Si](C)(c2ccccc2)c2ccc(C)cc2C)C(C)=C1C.[Cl-].[Cl-].[Cl-].[Ti+4]. The van der Waals surface area contributed by atoms with E-state index in [0.717, 1.165) is 0 Å². The zero-order chi connectivity index (χ0) is 18.4. The Morgan fingerprint density at radius 3 is 1.83 bits per heavy atom. The van der Waals surface area contributed by atoms with Gasteiger partial charge in [0.05, 0.1) is 0 Å². The number of rotatable bonds is 3.